The summed E-state index contributed by atoms with van der Waals surface area (Å²) >= 11 is 0. The first kappa shape index (κ1) is 15.3. The Balaban J connectivity index is 2.29. The quantitative estimate of drug-likeness (QED) is 0.802. The number of hydrogen-bond donors (Lipinski definition) is 2. The van der Waals surface area contributed by atoms with Crippen LogP contribution in [0.25, 0.3) is 0 Å². The summed E-state index contributed by atoms with van der Waals surface area (Å²) in [6.45, 7) is 0.894. The van der Waals surface area contributed by atoms with E-state index in [0.29, 0.717) is 18.8 Å². The summed E-state index contributed by atoms with van der Waals surface area (Å²) in [6, 6.07) is 5.29. The molecular weight excluding hydrogens is 296 g/mol. The zero-order valence-corrected chi connectivity index (χ0v) is 12.3. The van der Waals surface area contributed by atoms with E-state index in [-0.39, 0.29) is 17.2 Å². The van der Waals surface area contributed by atoms with Crippen molar-refractivity contribution in [3.05, 3.63) is 24.3 Å². The van der Waals surface area contributed by atoms with Crippen LogP contribution in [0.5, 0.6) is 0 Å². The minimum atomic E-state index is -3.29. The number of piperazine rings is 1. The number of aliphatic carboxylic acids is 1. The molecular formula is C13H16N2O5S. The van der Waals surface area contributed by atoms with Crippen LogP contribution in [0.3, 0.4) is 0 Å². The lowest BCUT2D eigenvalue weighted by molar-refractivity contribution is -0.139. The van der Waals surface area contributed by atoms with E-state index in [9.17, 15) is 18.0 Å². The molecule has 1 aliphatic heterocycles. The Labute approximate surface area is 122 Å². The van der Waals surface area contributed by atoms with Gasteiger partial charge in [-0.2, -0.15) is 0 Å². The van der Waals surface area contributed by atoms with Crippen LogP contribution in [0.2, 0.25) is 0 Å². The smallest absolute Gasteiger partial charge is 0.305 e. The van der Waals surface area contributed by atoms with Crippen LogP contribution in [0.15, 0.2) is 29.2 Å². The van der Waals surface area contributed by atoms with Gasteiger partial charge in [0.2, 0.25) is 5.91 Å². The van der Waals surface area contributed by atoms with Crippen LogP contribution in [0, 0.1) is 0 Å². The summed E-state index contributed by atoms with van der Waals surface area (Å²) < 4.78 is 22.9. The fraction of sp³-hybridized carbons (Fsp3) is 0.385. The highest BCUT2D eigenvalue weighted by Gasteiger charge is 2.31. The van der Waals surface area contributed by atoms with Gasteiger partial charge in [-0.15, -0.1) is 0 Å². The molecule has 0 bridgehead atoms. The van der Waals surface area contributed by atoms with Gasteiger partial charge in [0.25, 0.3) is 0 Å². The molecule has 1 atom stereocenters. The zero-order valence-electron chi connectivity index (χ0n) is 11.4. The predicted octanol–water partition coefficient (Wildman–Crippen LogP) is -0.130. The maximum Gasteiger partial charge on any atom is 0.305 e. The standard InChI is InChI=1S/C13H16N2O5S/c1-21(19,20)10-4-2-9(3-5-10)15-7-6-14-13(18)11(15)8-12(16)17/h2-5,11H,6-8H2,1H3,(H,14,18)(H,16,17). The second-order valence-electron chi connectivity index (χ2n) is 4.86. The largest absolute Gasteiger partial charge is 0.481 e. The highest BCUT2D eigenvalue weighted by molar-refractivity contribution is 7.90. The monoisotopic (exact) mass is 312 g/mol. The van der Waals surface area contributed by atoms with Gasteiger partial charge in [-0.3, -0.25) is 9.59 Å². The number of anilines is 1. The van der Waals surface area contributed by atoms with Gasteiger partial charge in [0.1, 0.15) is 6.04 Å². The van der Waals surface area contributed by atoms with Crippen LogP contribution >= 0.6 is 0 Å². The van der Waals surface area contributed by atoms with Gasteiger partial charge in [0, 0.05) is 25.0 Å². The normalized spacial score (nSPS) is 19.2. The molecule has 0 saturated carbocycles. The SMILES string of the molecule is CS(=O)(=O)c1ccc(N2CCNC(=O)C2CC(=O)O)cc1. The molecule has 0 aromatic heterocycles. The lowest BCUT2D eigenvalue weighted by Crippen LogP contribution is -2.56. The Morgan fingerprint density at radius 1 is 1.38 bits per heavy atom. The van der Waals surface area contributed by atoms with Gasteiger partial charge in [-0.05, 0) is 24.3 Å². The molecule has 1 fully saturated rings. The average Bonchev–Trinajstić information content (AvgIpc) is 2.40. The lowest BCUT2D eigenvalue weighted by atomic mass is 10.1. The molecule has 1 amide bonds. The number of sulfone groups is 1. The molecule has 1 aromatic carbocycles. The number of nitrogens with one attached hydrogen (secondary N) is 1. The third-order valence-corrected chi connectivity index (χ3v) is 4.42. The molecule has 0 spiro atoms. The third-order valence-electron chi connectivity index (χ3n) is 3.30. The van der Waals surface area contributed by atoms with E-state index >= 15 is 0 Å². The number of hydrogen-bond acceptors (Lipinski definition) is 5. The van der Waals surface area contributed by atoms with Crippen molar-refractivity contribution in [2.45, 2.75) is 17.4 Å². The fourth-order valence-corrected chi connectivity index (χ4v) is 2.91. The Morgan fingerprint density at radius 2 is 2.00 bits per heavy atom. The summed E-state index contributed by atoms with van der Waals surface area (Å²) in [6.07, 6.45) is 0.809. The molecule has 21 heavy (non-hydrogen) atoms. The molecule has 2 N–H and O–H groups in total. The number of carbonyl (C=O) groups excluding carboxylic acids is 1. The molecule has 1 unspecified atom stereocenters. The second kappa shape index (κ2) is 5.72. The van der Waals surface area contributed by atoms with Crippen molar-refractivity contribution in [1.82, 2.24) is 5.32 Å². The van der Waals surface area contributed by atoms with Crippen LogP contribution < -0.4 is 10.2 Å². The summed E-state index contributed by atoms with van der Waals surface area (Å²) in [7, 11) is -3.29. The number of carboxylic acid groups (broad SMARTS) is 1. The highest BCUT2D eigenvalue weighted by atomic mass is 32.2. The fourth-order valence-electron chi connectivity index (χ4n) is 2.28. The van der Waals surface area contributed by atoms with Crippen LogP contribution in [0.4, 0.5) is 5.69 Å². The van der Waals surface area contributed by atoms with Crippen molar-refractivity contribution >= 4 is 27.4 Å². The van der Waals surface area contributed by atoms with Crippen LogP contribution in [-0.2, 0) is 19.4 Å². The first-order valence-corrected chi connectivity index (χ1v) is 8.24. The first-order chi connectivity index (χ1) is 9.79. The van der Waals surface area contributed by atoms with E-state index in [4.69, 9.17) is 5.11 Å². The summed E-state index contributed by atoms with van der Waals surface area (Å²) in [5, 5.41) is 11.5. The average molecular weight is 312 g/mol. The molecule has 0 aliphatic carbocycles. The van der Waals surface area contributed by atoms with Gasteiger partial charge in [-0.25, -0.2) is 8.42 Å². The molecule has 1 aliphatic rings. The number of carbonyl (C=O) groups is 2. The van der Waals surface area contributed by atoms with Gasteiger partial charge in [0.15, 0.2) is 9.84 Å². The van der Waals surface area contributed by atoms with Crippen LogP contribution in [-0.4, -0.2) is 50.8 Å². The number of amides is 1. The van der Waals surface area contributed by atoms with Gasteiger partial charge in [0.05, 0.1) is 11.3 Å². The summed E-state index contributed by atoms with van der Waals surface area (Å²) in [4.78, 5) is 24.6. The zero-order chi connectivity index (χ0) is 15.6. The van der Waals surface area contributed by atoms with Crippen molar-refractivity contribution in [2.24, 2.45) is 0 Å². The Morgan fingerprint density at radius 3 is 2.52 bits per heavy atom. The van der Waals surface area contributed by atoms with Crippen molar-refractivity contribution in [3.63, 3.8) is 0 Å². The van der Waals surface area contributed by atoms with Crippen molar-refractivity contribution < 1.29 is 23.1 Å². The highest BCUT2D eigenvalue weighted by Crippen LogP contribution is 2.22. The van der Waals surface area contributed by atoms with E-state index in [1.807, 2.05) is 0 Å². The van der Waals surface area contributed by atoms with Gasteiger partial charge in [-0.1, -0.05) is 0 Å². The Bertz CT molecular complexity index is 654. The van der Waals surface area contributed by atoms with Crippen molar-refractivity contribution in [3.8, 4) is 0 Å². The third kappa shape index (κ3) is 3.52. The van der Waals surface area contributed by atoms with E-state index in [0.717, 1.165) is 6.26 Å². The number of carboxylic acids is 1. The molecule has 0 radical (unpaired) electrons. The first-order valence-electron chi connectivity index (χ1n) is 6.35. The summed E-state index contributed by atoms with van der Waals surface area (Å²) in [5.74, 6) is -1.40. The number of rotatable bonds is 4. The van der Waals surface area contributed by atoms with E-state index in [1.165, 1.54) is 12.1 Å². The lowest BCUT2D eigenvalue weighted by Gasteiger charge is -2.36. The topological polar surface area (TPSA) is 104 Å². The van der Waals surface area contributed by atoms with Crippen LogP contribution in [0.1, 0.15) is 6.42 Å². The van der Waals surface area contributed by atoms with Crippen molar-refractivity contribution in [1.29, 1.82) is 0 Å². The number of nitrogens with zero attached hydrogens (tertiary/aromatic N) is 1. The minimum Gasteiger partial charge on any atom is -0.481 e. The van der Waals surface area contributed by atoms with E-state index < -0.39 is 21.8 Å². The summed E-state index contributed by atoms with van der Waals surface area (Å²) in [5.41, 5.74) is 0.628. The van der Waals surface area contributed by atoms with Gasteiger partial charge >= 0.3 is 5.97 Å². The Hall–Kier alpha value is -2.09. The van der Waals surface area contributed by atoms with Gasteiger partial charge < -0.3 is 15.3 Å². The predicted molar refractivity (Wildman–Crippen MR) is 75.9 cm³/mol. The molecule has 1 heterocycles. The molecule has 1 saturated heterocycles. The molecule has 1 aromatic rings. The maximum absolute atomic E-state index is 11.8. The molecule has 2 rings (SSSR count). The number of benzene rings is 1. The van der Waals surface area contributed by atoms with E-state index in [1.54, 1.807) is 17.0 Å². The molecule has 8 heteroatoms. The maximum atomic E-state index is 11.8. The minimum absolute atomic E-state index is 0.183. The van der Waals surface area contributed by atoms with Crippen molar-refractivity contribution in [2.75, 3.05) is 24.2 Å². The second-order valence-corrected chi connectivity index (χ2v) is 6.88. The molecule has 7 nitrogen and oxygen atoms in total. The Kier molecular flexibility index (Phi) is 4.17. The molecule has 114 valence electrons. The van der Waals surface area contributed by atoms with E-state index in [2.05, 4.69) is 5.32 Å².